The summed E-state index contributed by atoms with van der Waals surface area (Å²) in [6, 6.07) is 8.96. The molecule has 2 N–H and O–H groups in total. The molecule has 0 unspecified atom stereocenters. The van der Waals surface area contributed by atoms with E-state index in [0.717, 1.165) is 38.4 Å². The van der Waals surface area contributed by atoms with E-state index in [9.17, 15) is 9.59 Å². The van der Waals surface area contributed by atoms with Gasteiger partial charge in [-0.25, -0.2) is 4.79 Å². The summed E-state index contributed by atoms with van der Waals surface area (Å²) in [7, 11) is 0. The van der Waals surface area contributed by atoms with Crippen molar-refractivity contribution in [3.8, 4) is 0 Å². The molecule has 3 aliphatic rings. The summed E-state index contributed by atoms with van der Waals surface area (Å²) in [5.41, 5.74) is 2.03. The highest BCUT2D eigenvalue weighted by Crippen LogP contribution is 2.28. The average molecular weight is 343 g/mol. The SMILES string of the molecule is C[C@H]1CNCCN1C1CN(c2ccc(N3CCC(=O)NC3=O)cc2)C1. The molecule has 7 nitrogen and oxygen atoms in total. The number of carbonyl (C=O) groups is 2. The van der Waals surface area contributed by atoms with E-state index >= 15 is 0 Å². The maximum absolute atomic E-state index is 11.9. The zero-order valence-corrected chi connectivity index (χ0v) is 14.6. The van der Waals surface area contributed by atoms with E-state index in [-0.39, 0.29) is 11.9 Å². The molecule has 7 heteroatoms. The molecule has 1 aromatic rings. The van der Waals surface area contributed by atoms with Gasteiger partial charge in [0.05, 0.1) is 0 Å². The third-order valence-electron chi connectivity index (χ3n) is 5.46. The van der Waals surface area contributed by atoms with Gasteiger partial charge in [0, 0.05) is 69.1 Å². The van der Waals surface area contributed by atoms with Crippen molar-refractivity contribution in [2.24, 2.45) is 0 Å². The summed E-state index contributed by atoms with van der Waals surface area (Å²) in [4.78, 5) is 29.8. The Balaban J connectivity index is 1.36. The molecule has 0 aliphatic carbocycles. The molecular formula is C18H25N5O2. The molecule has 25 heavy (non-hydrogen) atoms. The molecule has 0 bridgehead atoms. The highest BCUT2D eigenvalue weighted by Gasteiger charge is 2.35. The Morgan fingerprint density at radius 3 is 2.44 bits per heavy atom. The standard InChI is InChI=1S/C18H25N5O2/c1-13-10-19-7-9-22(13)16-11-21(12-16)14-2-4-15(5-3-14)23-8-6-17(24)20-18(23)25/h2-5,13,16,19H,6-12H2,1H3,(H,20,24,25)/t13-/m0/s1. The lowest BCUT2D eigenvalue weighted by molar-refractivity contribution is -0.120. The number of hydrogen-bond donors (Lipinski definition) is 2. The predicted octanol–water partition coefficient (Wildman–Crippen LogP) is 0.615. The minimum atomic E-state index is -0.333. The van der Waals surface area contributed by atoms with Crippen LogP contribution in [-0.2, 0) is 4.79 Å². The van der Waals surface area contributed by atoms with Crippen molar-refractivity contribution in [1.82, 2.24) is 15.5 Å². The van der Waals surface area contributed by atoms with Crippen LogP contribution in [0.5, 0.6) is 0 Å². The monoisotopic (exact) mass is 343 g/mol. The number of piperazine rings is 1. The van der Waals surface area contributed by atoms with E-state index in [2.05, 4.69) is 39.5 Å². The van der Waals surface area contributed by atoms with Crippen molar-refractivity contribution >= 4 is 23.3 Å². The highest BCUT2D eigenvalue weighted by molar-refractivity contribution is 6.05. The molecule has 1 aromatic carbocycles. The molecule has 0 aromatic heterocycles. The quantitative estimate of drug-likeness (QED) is 0.842. The molecule has 3 aliphatic heterocycles. The van der Waals surface area contributed by atoms with E-state index < -0.39 is 0 Å². The van der Waals surface area contributed by atoms with Gasteiger partial charge in [-0.05, 0) is 31.2 Å². The number of hydrogen-bond acceptors (Lipinski definition) is 5. The lowest BCUT2D eigenvalue weighted by Gasteiger charge is -2.50. The van der Waals surface area contributed by atoms with Crippen molar-refractivity contribution < 1.29 is 9.59 Å². The first kappa shape index (κ1) is 16.4. The molecule has 3 saturated heterocycles. The number of benzene rings is 1. The van der Waals surface area contributed by atoms with Crippen LogP contribution in [0.1, 0.15) is 13.3 Å². The molecule has 0 radical (unpaired) electrons. The Morgan fingerprint density at radius 2 is 1.76 bits per heavy atom. The van der Waals surface area contributed by atoms with E-state index in [1.807, 2.05) is 12.1 Å². The Labute approximate surface area is 147 Å². The number of imide groups is 1. The van der Waals surface area contributed by atoms with E-state index in [1.54, 1.807) is 4.90 Å². The molecule has 1 atom stereocenters. The second-order valence-electron chi connectivity index (χ2n) is 7.12. The summed E-state index contributed by atoms with van der Waals surface area (Å²) < 4.78 is 0. The molecule has 3 amide bonds. The Kier molecular flexibility index (Phi) is 4.35. The molecule has 4 rings (SSSR count). The zero-order valence-electron chi connectivity index (χ0n) is 14.6. The lowest BCUT2D eigenvalue weighted by Crippen LogP contribution is -2.65. The van der Waals surface area contributed by atoms with Gasteiger partial charge in [0.25, 0.3) is 0 Å². The van der Waals surface area contributed by atoms with Crippen molar-refractivity contribution in [1.29, 1.82) is 0 Å². The van der Waals surface area contributed by atoms with E-state index in [1.165, 1.54) is 5.69 Å². The van der Waals surface area contributed by atoms with Crippen LogP contribution < -0.4 is 20.4 Å². The van der Waals surface area contributed by atoms with Gasteiger partial charge in [0.1, 0.15) is 0 Å². The zero-order chi connectivity index (χ0) is 17.4. The first-order valence-corrected chi connectivity index (χ1v) is 9.04. The van der Waals surface area contributed by atoms with E-state index in [4.69, 9.17) is 0 Å². The number of rotatable bonds is 3. The van der Waals surface area contributed by atoms with Crippen LogP contribution in [0.2, 0.25) is 0 Å². The van der Waals surface area contributed by atoms with Crippen molar-refractivity contribution in [2.75, 3.05) is 49.1 Å². The van der Waals surface area contributed by atoms with Gasteiger partial charge in [-0.15, -0.1) is 0 Å². The summed E-state index contributed by atoms with van der Waals surface area (Å²) >= 11 is 0. The van der Waals surface area contributed by atoms with Crippen LogP contribution in [0.3, 0.4) is 0 Å². The van der Waals surface area contributed by atoms with Gasteiger partial charge >= 0.3 is 6.03 Å². The lowest BCUT2D eigenvalue weighted by atomic mass is 10.0. The minimum Gasteiger partial charge on any atom is -0.368 e. The largest absolute Gasteiger partial charge is 0.368 e. The van der Waals surface area contributed by atoms with Gasteiger partial charge in [-0.1, -0.05) is 0 Å². The van der Waals surface area contributed by atoms with Gasteiger partial charge in [0.2, 0.25) is 5.91 Å². The van der Waals surface area contributed by atoms with Gasteiger partial charge in [0.15, 0.2) is 0 Å². The van der Waals surface area contributed by atoms with Crippen LogP contribution in [0.4, 0.5) is 16.2 Å². The fourth-order valence-electron chi connectivity index (χ4n) is 3.93. The summed E-state index contributed by atoms with van der Waals surface area (Å²) in [5, 5.41) is 5.80. The third kappa shape index (κ3) is 3.21. The number of nitrogens with zero attached hydrogens (tertiary/aromatic N) is 3. The predicted molar refractivity (Wildman–Crippen MR) is 97.0 cm³/mol. The maximum atomic E-state index is 11.9. The van der Waals surface area contributed by atoms with Gasteiger partial charge < -0.3 is 10.2 Å². The summed E-state index contributed by atoms with van der Waals surface area (Å²) in [5.74, 6) is -0.202. The van der Waals surface area contributed by atoms with Crippen LogP contribution >= 0.6 is 0 Å². The molecule has 3 heterocycles. The van der Waals surface area contributed by atoms with Crippen LogP contribution in [-0.4, -0.2) is 68.2 Å². The first-order valence-electron chi connectivity index (χ1n) is 9.04. The molecule has 0 saturated carbocycles. The fourth-order valence-corrected chi connectivity index (χ4v) is 3.93. The number of amides is 3. The van der Waals surface area contributed by atoms with Crippen LogP contribution in [0.25, 0.3) is 0 Å². The number of anilines is 2. The molecule has 3 fully saturated rings. The molecular weight excluding hydrogens is 318 g/mol. The van der Waals surface area contributed by atoms with Crippen LogP contribution in [0, 0.1) is 0 Å². The van der Waals surface area contributed by atoms with Gasteiger partial charge in [-0.2, -0.15) is 0 Å². The van der Waals surface area contributed by atoms with Crippen molar-refractivity contribution in [2.45, 2.75) is 25.4 Å². The first-order chi connectivity index (χ1) is 12.1. The second-order valence-corrected chi connectivity index (χ2v) is 7.12. The Morgan fingerprint density at radius 1 is 1.04 bits per heavy atom. The minimum absolute atomic E-state index is 0.202. The number of urea groups is 1. The van der Waals surface area contributed by atoms with Gasteiger partial charge in [-0.3, -0.25) is 19.9 Å². The summed E-state index contributed by atoms with van der Waals surface area (Å²) in [6.07, 6.45) is 0.351. The Bertz CT molecular complexity index is 656. The maximum Gasteiger partial charge on any atom is 0.328 e. The number of carbonyl (C=O) groups excluding carboxylic acids is 2. The highest BCUT2D eigenvalue weighted by atomic mass is 16.2. The topological polar surface area (TPSA) is 67.9 Å². The second kappa shape index (κ2) is 6.65. The van der Waals surface area contributed by atoms with Crippen molar-refractivity contribution in [3.63, 3.8) is 0 Å². The smallest absolute Gasteiger partial charge is 0.328 e. The summed E-state index contributed by atoms with van der Waals surface area (Å²) in [6.45, 7) is 8.13. The Hall–Kier alpha value is -2.12. The molecule has 0 spiro atoms. The average Bonchev–Trinajstić information content (AvgIpc) is 2.56. The molecule has 134 valence electrons. The van der Waals surface area contributed by atoms with Crippen molar-refractivity contribution in [3.05, 3.63) is 24.3 Å². The number of nitrogens with one attached hydrogen (secondary N) is 2. The normalized spacial score (nSPS) is 25.7. The fraction of sp³-hybridized carbons (Fsp3) is 0.556. The van der Waals surface area contributed by atoms with Crippen LogP contribution in [0.15, 0.2) is 24.3 Å². The third-order valence-corrected chi connectivity index (χ3v) is 5.46. The van der Waals surface area contributed by atoms with E-state index in [0.29, 0.717) is 25.0 Å².